The van der Waals surface area contributed by atoms with Crippen LogP contribution in [0.5, 0.6) is 0 Å². The molecule has 1 aromatic rings. The van der Waals surface area contributed by atoms with Crippen LogP contribution in [0.2, 0.25) is 0 Å². The number of benzene rings is 1. The summed E-state index contributed by atoms with van der Waals surface area (Å²) in [6.07, 6.45) is 1.87. The quantitative estimate of drug-likeness (QED) is 0.488. The second-order valence-electron chi connectivity index (χ2n) is 5.48. The molecule has 23 heavy (non-hydrogen) atoms. The molecule has 1 heterocycles. The summed E-state index contributed by atoms with van der Waals surface area (Å²) in [6, 6.07) is 8.10. The van der Waals surface area contributed by atoms with E-state index in [1.54, 1.807) is 0 Å². The second-order valence-corrected chi connectivity index (χ2v) is 10.1. The minimum atomic E-state index is -3.09. The predicted molar refractivity (Wildman–Crippen MR) is 90.6 cm³/mol. The molecule has 0 spiro atoms. The number of carbonyl (C=O) groups excluding carboxylic acids is 3. The molecule has 0 aliphatic carbocycles. The van der Waals surface area contributed by atoms with Crippen LogP contribution in [0.15, 0.2) is 30.3 Å². The van der Waals surface area contributed by atoms with Crippen LogP contribution in [0.4, 0.5) is 0 Å². The summed E-state index contributed by atoms with van der Waals surface area (Å²) < 4.78 is -1.08. The molecule has 3 atom stereocenters. The zero-order valence-corrected chi connectivity index (χ0v) is 15.3. The van der Waals surface area contributed by atoms with Crippen molar-refractivity contribution in [2.24, 2.45) is 5.73 Å². The Kier molecular flexibility index (Phi) is 6.97. The van der Waals surface area contributed by atoms with Crippen molar-refractivity contribution in [3.8, 4) is 0 Å². The van der Waals surface area contributed by atoms with Gasteiger partial charge in [0.15, 0.2) is 0 Å². The zero-order chi connectivity index (χ0) is 16.8. The van der Waals surface area contributed by atoms with E-state index in [-0.39, 0.29) is 10.5 Å². The summed E-state index contributed by atoms with van der Waals surface area (Å²) in [7, 11) is 0. The molecule has 0 aromatic heterocycles. The predicted octanol–water partition coefficient (Wildman–Crippen LogP) is 0.367. The van der Waals surface area contributed by atoms with Crippen molar-refractivity contribution in [1.82, 2.24) is 5.32 Å². The molecule has 5 nitrogen and oxygen atoms in total. The van der Waals surface area contributed by atoms with Gasteiger partial charge in [0.25, 0.3) is 0 Å². The van der Waals surface area contributed by atoms with Gasteiger partial charge in [-0.05, 0) is 0 Å². The molecule has 124 valence electrons. The normalized spacial score (nSPS) is 20.0. The Morgan fingerprint density at radius 1 is 1.30 bits per heavy atom. The third kappa shape index (κ3) is 4.74. The fraction of sp³-hybridized carbons (Fsp3) is 0.438. The Balaban J connectivity index is 2.12. The van der Waals surface area contributed by atoms with E-state index in [1.807, 2.05) is 30.3 Å². The topological polar surface area (TPSA) is 89.3 Å². The molecule has 1 fully saturated rings. The van der Waals surface area contributed by atoms with Gasteiger partial charge in [-0.1, -0.05) is 0 Å². The molecule has 1 unspecified atom stereocenters. The van der Waals surface area contributed by atoms with Crippen molar-refractivity contribution >= 4 is 40.0 Å². The Bertz CT molecular complexity index is 576. The zero-order valence-electron chi connectivity index (χ0n) is 12.7. The first-order chi connectivity index (χ1) is 11.0. The molecular formula is C16H20AsClN2O3. The third-order valence-corrected chi connectivity index (χ3v) is 9.01. The SMILES string of the molecule is N[C@@H](Cc1ccccc1)C(=O)[As](C(=O)CCl)C(=O)[C@@H]1CCCN1. The van der Waals surface area contributed by atoms with Crippen molar-refractivity contribution in [2.45, 2.75) is 31.3 Å². The van der Waals surface area contributed by atoms with Crippen LogP contribution in [0.1, 0.15) is 18.4 Å². The van der Waals surface area contributed by atoms with E-state index in [0.717, 1.165) is 18.5 Å². The van der Waals surface area contributed by atoms with Gasteiger partial charge in [0.2, 0.25) is 0 Å². The number of nitrogens with two attached hydrogens (primary N) is 1. The van der Waals surface area contributed by atoms with Gasteiger partial charge >= 0.3 is 145 Å². The third-order valence-electron chi connectivity index (χ3n) is 3.78. The molecule has 7 heteroatoms. The van der Waals surface area contributed by atoms with Crippen molar-refractivity contribution < 1.29 is 14.4 Å². The van der Waals surface area contributed by atoms with Gasteiger partial charge < -0.3 is 0 Å². The Morgan fingerprint density at radius 3 is 2.57 bits per heavy atom. The fourth-order valence-corrected chi connectivity index (χ4v) is 6.95. The van der Waals surface area contributed by atoms with Gasteiger partial charge in [0.1, 0.15) is 0 Å². The maximum atomic E-state index is 12.7. The number of halogens is 1. The van der Waals surface area contributed by atoms with E-state index in [0.29, 0.717) is 12.8 Å². The summed E-state index contributed by atoms with van der Waals surface area (Å²) in [5.41, 5.74) is 6.91. The van der Waals surface area contributed by atoms with Crippen molar-refractivity contribution in [3.63, 3.8) is 0 Å². The second kappa shape index (κ2) is 8.74. The molecule has 1 aliphatic heterocycles. The molecule has 0 saturated carbocycles. The average Bonchev–Trinajstić information content (AvgIpc) is 3.10. The standard InChI is InChI=1S/C16H20AsClN2O3/c18-10-14(21)17(16(23)13-7-4-8-20-13)15(22)12(19)9-11-5-2-1-3-6-11/h1-3,5-6,12-13,20H,4,7-10,19H2/t12-,13-,17?/m0/s1. The fourth-order valence-electron chi connectivity index (χ4n) is 2.59. The summed E-state index contributed by atoms with van der Waals surface area (Å²) >= 11 is 2.54. The van der Waals surface area contributed by atoms with Crippen molar-refractivity contribution in [3.05, 3.63) is 35.9 Å². The Hall–Kier alpha value is -1.00. The first-order valence-electron chi connectivity index (χ1n) is 7.54. The summed E-state index contributed by atoms with van der Waals surface area (Å²) in [5, 5.41) is 3.06. The van der Waals surface area contributed by atoms with Crippen LogP contribution in [0, 0.1) is 0 Å². The van der Waals surface area contributed by atoms with E-state index in [4.69, 9.17) is 17.3 Å². The molecule has 1 saturated heterocycles. The maximum absolute atomic E-state index is 12.7. The molecule has 3 N–H and O–H groups in total. The van der Waals surface area contributed by atoms with Crippen LogP contribution < -0.4 is 11.1 Å². The van der Waals surface area contributed by atoms with Gasteiger partial charge in [-0.2, -0.15) is 0 Å². The van der Waals surface area contributed by atoms with E-state index >= 15 is 0 Å². The summed E-state index contributed by atoms with van der Waals surface area (Å²) in [6.45, 7) is 0.734. The van der Waals surface area contributed by atoms with Gasteiger partial charge in [0, 0.05) is 0 Å². The molecule has 1 aliphatic rings. The van der Waals surface area contributed by atoms with Gasteiger partial charge in [-0.25, -0.2) is 0 Å². The van der Waals surface area contributed by atoms with Crippen LogP contribution in [-0.4, -0.2) is 52.9 Å². The van der Waals surface area contributed by atoms with Gasteiger partial charge in [-0.3, -0.25) is 0 Å². The number of carbonyl (C=O) groups is 3. The monoisotopic (exact) mass is 398 g/mol. The van der Waals surface area contributed by atoms with Crippen molar-refractivity contribution in [1.29, 1.82) is 0 Å². The number of hydrogen-bond acceptors (Lipinski definition) is 5. The van der Waals surface area contributed by atoms with Crippen LogP contribution in [0.25, 0.3) is 0 Å². The molecular weight excluding hydrogens is 379 g/mol. The number of alkyl halides is 1. The van der Waals surface area contributed by atoms with E-state index in [9.17, 15) is 14.4 Å². The molecule has 0 radical (unpaired) electrons. The number of hydrogen-bond donors (Lipinski definition) is 2. The van der Waals surface area contributed by atoms with E-state index in [2.05, 4.69) is 5.32 Å². The average molecular weight is 399 g/mol. The number of nitrogens with one attached hydrogen (secondary N) is 1. The van der Waals surface area contributed by atoms with Gasteiger partial charge in [0.05, 0.1) is 0 Å². The van der Waals surface area contributed by atoms with E-state index in [1.165, 1.54) is 0 Å². The van der Waals surface area contributed by atoms with Gasteiger partial charge in [-0.15, -0.1) is 0 Å². The molecule has 1 aromatic carbocycles. The first kappa shape index (κ1) is 18.3. The minimum absolute atomic E-state index is 0.255. The molecule has 0 bridgehead atoms. The van der Waals surface area contributed by atoms with E-state index < -0.39 is 35.9 Å². The van der Waals surface area contributed by atoms with Crippen LogP contribution in [0.3, 0.4) is 0 Å². The van der Waals surface area contributed by atoms with Crippen LogP contribution in [-0.2, 0) is 20.8 Å². The Labute approximate surface area is 145 Å². The molecule has 2 rings (SSSR count). The first-order valence-corrected chi connectivity index (χ1v) is 10.9. The molecule has 0 amide bonds. The summed E-state index contributed by atoms with van der Waals surface area (Å²) in [4.78, 5) is 37.4. The van der Waals surface area contributed by atoms with Crippen LogP contribution >= 0.6 is 11.6 Å². The Morgan fingerprint density at radius 2 is 2.00 bits per heavy atom. The number of rotatable bonds is 8. The van der Waals surface area contributed by atoms with Crippen molar-refractivity contribution in [2.75, 3.05) is 12.4 Å². The summed E-state index contributed by atoms with van der Waals surface area (Å²) in [5.74, 6) is -0.303.